The van der Waals surface area contributed by atoms with E-state index >= 15 is 0 Å². The average Bonchev–Trinajstić information content (AvgIpc) is 1.88. The molecule has 0 saturated heterocycles. The van der Waals surface area contributed by atoms with E-state index in [1.165, 1.54) is 28.6 Å². The molecule has 0 fully saturated rings. The SMILES string of the molecule is CCCC.CC[SiH2][SiH3]. The minimum atomic E-state index is 0.563. The van der Waals surface area contributed by atoms with Crippen molar-refractivity contribution in [1.29, 1.82) is 0 Å². The van der Waals surface area contributed by atoms with Crippen molar-refractivity contribution >= 4 is 18.8 Å². The molecule has 8 heavy (non-hydrogen) atoms. The first-order chi connectivity index (χ1) is 3.83. The molecule has 0 amide bonds. The first-order valence-corrected chi connectivity index (χ1v) is 10.5. The van der Waals surface area contributed by atoms with Gasteiger partial charge in [0.25, 0.3) is 0 Å². The lowest BCUT2D eigenvalue weighted by molar-refractivity contribution is 0.886. The number of unbranched alkanes of at least 4 members (excludes halogenated alkanes) is 1. The van der Waals surface area contributed by atoms with Gasteiger partial charge in [0.2, 0.25) is 0 Å². The van der Waals surface area contributed by atoms with Crippen molar-refractivity contribution in [2.24, 2.45) is 0 Å². The van der Waals surface area contributed by atoms with Crippen LogP contribution in [0, 0.1) is 0 Å². The van der Waals surface area contributed by atoms with E-state index < -0.39 is 0 Å². The van der Waals surface area contributed by atoms with Gasteiger partial charge in [-0.1, -0.05) is 39.7 Å². The quantitative estimate of drug-likeness (QED) is 0.505. The van der Waals surface area contributed by atoms with Gasteiger partial charge in [0, 0.05) is 9.04 Å². The molecule has 52 valence electrons. The Morgan fingerprint density at radius 1 is 1.12 bits per heavy atom. The molecule has 0 aromatic heterocycles. The highest BCUT2D eigenvalue weighted by molar-refractivity contribution is 6.89. The van der Waals surface area contributed by atoms with Crippen LogP contribution in [0.25, 0.3) is 0 Å². The maximum absolute atomic E-state index is 2.28. The van der Waals surface area contributed by atoms with E-state index in [4.69, 9.17) is 0 Å². The van der Waals surface area contributed by atoms with Gasteiger partial charge in [-0.25, -0.2) is 0 Å². The molecule has 0 bridgehead atoms. The van der Waals surface area contributed by atoms with Crippen LogP contribution in [0.4, 0.5) is 0 Å². The van der Waals surface area contributed by atoms with E-state index in [1.807, 2.05) is 0 Å². The van der Waals surface area contributed by atoms with Gasteiger partial charge in [0.1, 0.15) is 0 Å². The summed E-state index contributed by atoms with van der Waals surface area (Å²) >= 11 is 0. The Kier molecular flexibility index (Phi) is 22.0. The van der Waals surface area contributed by atoms with Crippen molar-refractivity contribution in [3.63, 3.8) is 0 Å². The lowest BCUT2D eigenvalue weighted by Crippen LogP contribution is -1.78. The van der Waals surface area contributed by atoms with Gasteiger partial charge >= 0.3 is 0 Å². The van der Waals surface area contributed by atoms with Crippen LogP contribution in [0.15, 0.2) is 0 Å². The Balaban J connectivity index is 0. The van der Waals surface area contributed by atoms with Crippen molar-refractivity contribution in [2.75, 3.05) is 0 Å². The van der Waals surface area contributed by atoms with Gasteiger partial charge in [-0.3, -0.25) is 0 Å². The Morgan fingerprint density at radius 2 is 1.38 bits per heavy atom. The predicted octanol–water partition coefficient (Wildman–Crippen LogP) is 0.680. The third-order valence-corrected chi connectivity index (χ3v) is 5.00. The first kappa shape index (κ1) is 11.3. The summed E-state index contributed by atoms with van der Waals surface area (Å²) in [6, 6.07) is 1.52. The van der Waals surface area contributed by atoms with E-state index in [-0.39, 0.29) is 0 Å². The van der Waals surface area contributed by atoms with Gasteiger partial charge in [0.05, 0.1) is 0 Å². The Hall–Kier alpha value is 0.434. The van der Waals surface area contributed by atoms with E-state index in [9.17, 15) is 0 Å². The van der Waals surface area contributed by atoms with Crippen LogP contribution in [0.5, 0.6) is 0 Å². The molecule has 0 aliphatic carbocycles. The highest BCUT2D eigenvalue weighted by Gasteiger charge is 1.59. The summed E-state index contributed by atoms with van der Waals surface area (Å²) in [6.45, 7) is 6.64. The van der Waals surface area contributed by atoms with Crippen molar-refractivity contribution in [2.45, 2.75) is 39.7 Å². The van der Waals surface area contributed by atoms with Crippen molar-refractivity contribution in [3.05, 3.63) is 0 Å². The lowest BCUT2D eigenvalue weighted by Gasteiger charge is -1.68. The highest BCUT2D eigenvalue weighted by atomic mass is 29.1. The third kappa shape index (κ3) is 32.1. The van der Waals surface area contributed by atoms with Crippen LogP contribution in [0.3, 0.4) is 0 Å². The zero-order valence-corrected chi connectivity index (χ0v) is 10.2. The molecular formula is C6H20Si2. The molecule has 0 aromatic rings. The van der Waals surface area contributed by atoms with Gasteiger partial charge in [-0.05, 0) is 9.76 Å². The summed E-state index contributed by atoms with van der Waals surface area (Å²) in [5, 5.41) is 0. The summed E-state index contributed by atoms with van der Waals surface area (Å²) in [7, 11) is 2.09. The van der Waals surface area contributed by atoms with Gasteiger partial charge in [0.15, 0.2) is 0 Å². The fourth-order valence-corrected chi connectivity index (χ4v) is 0. The van der Waals surface area contributed by atoms with Crippen molar-refractivity contribution < 1.29 is 0 Å². The molecule has 0 unspecified atom stereocenters. The zero-order chi connectivity index (χ0) is 6.83. The maximum Gasteiger partial charge on any atom is 0.00378 e. The van der Waals surface area contributed by atoms with Crippen LogP contribution in [0.1, 0.15) is 33.6 Å². The second kappa shape index (κ2) is 15.7. The Morgan fingerprint density at radius 3 is 1.38 bits per heavy atom. The molecule has 0 aromatic carbocycles. The maximum atomic E-state index is 2.28. The second-order valence-electron chi connectivity index (χ2n) is 2.00. The van der Waals surface area contributed by atoms with Crippen LogP contribution >= 0.6 is 0 Å². The van der Waals surface area contributed by atoms with Crippen LogP contribution in [0.2, 0.25) is 6.04 Å². The number of rotatable bonds is 2. The van der Waals surface area contributed by atoms with E-state index in [0.717, 1.165) is 0 Å². The highest BCUT2D eigenvalue weighted by Crippen LogP contribution is 1.76. The van der Waals surface area contributed by atoms with Gasteiger partial charge < -0.3 is 0 Å². The molecule has 0 atom stereocenters. The summed E-state index contributed by atoms with van der Waals surface area (Å²) < 4.78 is 0. The molecule has 2 heteroatoms. The lowest BCUT2D eigenvalue weighted by atomic mass is 10.4. The average molecular weight is 148 g/mol. The summed E-state index contributed by atoms with van der Waals surface area (Å²) in [4.78, 5) is 0. The molecule has 0 saturated carbocycles. The smallest absolute Gasteiger partial charge is 0.00378 e. The molecule has 0 aliphatic rings. The molecule has 0 spiro atoms. The summed E-state index contributed by atoms with van der Waals surface area (Å²) in [5.74, 6) is 0. The topological polar surface area (TPSA) is 0 Å². The molecule has 0 N–H and O–H groups in total. The van der Waals surface area contributed by atoms with E-state index in [0.29, 0.717) is 9.04 Å². The van der Waals surface area contributed by atoms with E-state index in [1.54, 1.807) is 0 Å². The fraction of sp³-hybridized carbons (Fsp3) is 1.00. The van der Waals surface area contributed by atoms with Crippen LogP contribution in [-0.4, -0.2) is 18.8 Å². The van der Waals surface area contributed by atoms with Crippen molar-refractivity contribution in [3.8, 4) is 0 Å². The van der Waals surface area contributed by atoms with E-state index in [2.05, 4.69) is 20.8 Å². The number of hydrogen-bond acceptors (Lipinski definition) is 0. The number of hydrogen-bond donors (Lipinski definition) is 0. The van der Waals surface area contributed by atoms with Crippen LogP contribution in [-0.2, 0) is 0 Å². The van der Waals surface area contributed by atoms with Crippen molar-refractivity contribution in [1.82, 2.24) is 0 Å². The molecule has 0 heterocycles. The second-order valence-corrected chi connectivity index (χ2v) is 7.00. The monoisotopic (exact) mass is 148 g/mol. The Bertz CT molecular complexity index is 14.5. The largest absolute Gasteiger partial charge is 0.0685 e. The van der Waals surface area contributed by atoms with Crippen LogP contribution < -0.4 is 0 Å². The zero-order valence-electron chi connectivity index (χ0n) is 6.83. The molecule has 0 radical (unpaired) electrons. The minimum absolute atomic E-state index is 0.563. The van der Waals surface area contributed by atoms with Gasteiger partial charge in [-0.2, -0.15) is 0 Å². The fourth-order valence-electron chi connectivity index (χ4n) is 0. The minimum Gasteiger partial charge on any atom is -0.0685 e. The van der Waals surface area contributed by atoms with Gasteiger partial charge in [-0.15, -0.1) is 0 Å². The predicted molar refractivity (Wildman–Crippen MR) is 49.5 cm³/mol. The normalized spacial score (nSPS) is 9.38. The summed E-state index contributed by atoms with van der Waals surface area (Å²) in [5.41, 5.74) is 0. The standard InChI is InChI=1S/C4H10.C2H10Si2/c1-3-4-2;1-2-4-3/h3-4H2,1-2H3;2,4H2,1,3H3. The molecule has 0 nitrogen and oxygen atoms in total. The molecule has 0 rings (SSSR count). The molecule has 0 aliphatic heterocycles. The summed E-state index contributed by atoms with van der Waals surface area (Å²) in [6.07, 6.45) is 2.64. The molecular weight excluding hydrogens is 128 g/mol. The third-order valence-electron chi connectivity index (χ3n) is 1.000. The first-order valence-electron chi connectivity index (χ1n) is 3.83. The Labute approximate surface area is 59.1 Å².